The van der Waals surface area contributed by atoms with Gasteiger partial charge in [0.2, 0.25) is 0 Å². The lowest BCUT2D eigenvalue weighted by Crippen LogP contribution is -2.38. The van der Waals surface area contributed by atoms with Gasteiger partial charge in [-0.15, -0.1) is 10.0 Å². The maximum Gasteiger partial charge on any atom is 0.324 e. The number of carboxylic acid groups (broad SMARTS) is 1. The van der Waals surface area contributed by atoms with Gasteiger partial charge in [-0.2, -0.15) is 0 Å². The molecule has 48 valence electrons. The molecule has 0 unspecified atom stereocenters. The van der Waals surface area contributed by atoms with Gasteiger partial charge in [0.25, 0.3) is 0 Å². The number of hydrogen-bond donors (Lipinski definition) is 3. The summed E-state index contributed by atoms with van der Waals surface area (Å²) in [5.41, 5.74) is 5.83. The van der Waals surface area contributed by atoms with Crippen LogP contribution in [-0.2, 0) is 4.79 Å². The summed E-state index contributed by atoms with van der Waals surface area (Å²) in [4.78, 5) is 9.78. The fraction of sp³-hybridized carbons (Fsp3) is 0.667. The average Bonchev–Trinajstić information content (AvgIpc) is 1.69. The monoisotopic (exact) mass is 122 g/mol. The number of aliphatic carboxylic acids is 1. The van der Waals surface area contributed by atoms with Crippen molar-refractivity contribution in [2.45, 2.75) is 6.04 Å². The van der Waals surface area contributed by atoms with Gasteiger partial charge in [-0.05, 0) is 0 Å². The molecule has 0 saturated carbocycles. The molecule has 0 amide bonds. The van der Waals surface area contributed by atoms with E-state index < -0.39 is 12.0 Å². The fourth-order valence-electron chi connectivity index (χ4n) is 0.192. The summed E-state index contributed by atoms with van der Waals surface area (Å²) in [6, 6.07) is -1.27. The smallest absolute Gasteiger partial charge is 0.324 e. The van der Waals surface area contributed by atoms with E-state index >= 15 is 0 Å². The minimum Gasteiger partial charge on any atom is -0.480 e. The van der Waals surface area contributed by atoms with Gasteiger partial charge in [0, 0.05) is 6.54 Å². The fourth-order valence-corrected chi connectivity index (χ4v) is 0.192. The Bertz CT molecular complexity index is 83.4. The first-order valence-electron chi connectivity index (χ1n) is 2.01. The van der Waals surface area contributed by atoms with Gasteiger partial charge < -0.3 is 10.8 Å². The van der Waals surface area contributed by atoms with Crippen molar-refractivity contribution in [3.63, 3.8) is 0 Å². The second kappa shape index (κ2) is 3.34. The second-order valence-electron chi connectivity index (χ2n) is 1.24. The number of hydrogen-bond acceptors (Lipinski definition) is 3. The molecule has 0 aliphatic rings. The maximum absolute atomic E-state index is 11.2. The Kier molecular flexibility index (Phi) is 3.05. The zero-order valence-electron chi connectivity index (χ0n) is 4.10. The average molecular weight is 122 g/mol. The van der Waals surface area contributed by atoms with E-state index in [0.29, 0.717) is 0 Å². The number of carbonyl (C=O) groups is 1. The topological polar surface area (TPSA) is 75.3 Å². The van der Waals surface area contributed by atoms with Gasteiger partial charge in [0.15, 0.2) is 0 Å². The summed E-state index contributed by atoms with van der Waals surface area (Å²) < 4.78 is 11.2. The molecular weight excluding hydrogens is 115 g/mol. The van der Waals surface area contributed by atoms with Crippen LogP contribution in [0.5, 0.6) is 0 Å². The number of carboxylic acids is 1. The van der Waals surface area contributed by atoms with Gasteiger partial charge >= 0.3 is 5.97 Å². The normalized spacial score (nSPS) is 13.2. The molecule has 0 radical (unpaired) electrons. The maximum atomic E-state index is 11.2. The van der Waals surface area contributed by atoms with E-state index in [-0.39, 0.29) is 6.54 Å². The summed E-state index contributed by atoms with van der Waals surface area (Å²) in [5.74, 6) is -1.28. The summed E-state index contributed by atoms with van der Waals surface area (Å²) in [6.45, 7) is -0.244. The van der Waals surface area contributed by atoms with Gasteiger partial charge in [0.1, 0.15) is 6.04 Å². The minimum atomic E-state index is -1.28. The molecule has 0 aromatic heterocycles. The summed E-state index contributed by atoms with van der Waals surface area (Å²) >= 11 is 0. The lowest BCUT2D eigenvalue weighted by Gasteiger charge is -2.01. The standard InChI is InChI=1S/C3H7FN2O2/c4-6-2(1-5)3(7)8/h2,6H,1,5H2,(H,7,8)/t2-/m0/s1. The molecule has 5 heteroatoms. The number of halogens is 1. The van der Waals surface area contributed by atoms with E-state index in [1.807, 2.05) is 0 Å². The number of nitrogens with one attached hydrogen (secondary N) is 1. The third kappa shape index (κ3) is 1.85. The first-order chi connectivity index (χ1) is 3.72. The summed E-state index contributed by atoms with van der Waals surface area (Å²) in [7, 11) is 0. The highest BCUT2D eigenvalue weighted by atomic mass is 19.2. The van der Waals surface area contributed by atoms with Crippen molar-refractivity contribution in [1.29, 1.82) is 0 Å². The van der Waals surface area contributed by atoms with Crippen LogP contribution in [0, 0.1) is 0 Å². The molecule has 0 aliphatic carbocycles. The molecule has 0 saturated heterocycles. The highest BCUT2D eigenvalue weighted by molar-refractivity contribution is 5.73. The Morgan fingerprint density at radius 2 is 2.50 bits per heavy atom. The second-order valence-corrected chi connectivity index (χ2v) is 1.24. The Hall–Kier alpha value is -0.680. The van der Waals surface area contributed by atoms with Crippen LogP contribution in [0.3, 0.4) is 0 Å². The molecule has 4 N–H and O–H groups in total. The lowest BCUT2D eigenvalue weighted by atomic mass is 10.3. The zero-order valence-corrected chi connectivity index (χ0v) is 4.10. The molecule has 0 heterocycles. The van der Waals surface area contributed by atoms with Crippen LogP contribution in [0.2, 0.25) is 0 Å². The van der Waals surface area contributed by atoms with Gasteiger partial charge in [-0.1, -0.05) is 0 Å². The third-order valence-electron chi connectivity index (χ3n) is 0.666. The first-order valence-corrected chi connectivity index (χ1v) is 2.01. The van der Waals surface area contributed by atoms with Crippen LogP contribution in [-0.4, -0.2) is 23.7 Å². The molecular formula is C3H7FN2O2. The highest BCUT2D eigenvalue weighted by Gasteiger charge is 2.12. The zero-order chi connectivity index (χ0) is 6.57. The summed E-state index contributed by atoms with van der Waals surface area (Å²) in [5, 5.41) is 7.99. The van der Waals surface area contributed by atoms with E-state index in [9.17, 15) is 9.28 Å². The Morgan fingerprint density at radius 1 is 2.00 bits per heavy atom. The van der Waals surface area contributed by atoms with Crippen molar-refractivity contribution in [1.82, 2.24) is 5.54 Å². The van der Waals surface area contributed by atoms with E-state index in [0.717, 1.165) is 5.54 Å². The van der Waals surface area contributed by atoms with E-state index in [2.05, 4.69) is 0 Å². The van der Waals surface area contributed by atoms with Gasteiger partial charge in [0.05, 0.1) is 0 Å². The van der Waals surface area contributed by atoms with Crippen LogP contribution in [0.4, 0.5) is 4.48 Å². The quantitative estimate of drug-likeness (QED) is 0.414. The van der Waals surface area contributed by atoms with Crippen molar-refractivity contribution in [2.24, 2.45) is 5.73 Å². The summed E-state index contributed by atoms with van der Waals surface area (Å²) in [6.07, 6.45) is 0. The molecule has 0 aliphatic heterocycles. The molecule has 0 fully saturated rings. The van der Waals surface area contributed by atoms with E-state index in [1.165, 1.54) is 0 Å². The molecule has 1 atom stereocenters. The number of nitrogens with two attached hydrogens (primary N) is 1. The molecule has 0 aromatic rings. The first kappa shape index (κ1) is 7.32. The van der Waals surface area contributed by atoms with E-state index in [1.54, 1.807) is 0 Å². The van der Waals surface area contributed by atoms with Crippen LogP contribution < -0.4 is 11.3 Å². The van der Waals surface area contributed by atoms with Gasteiger partial charge in [-0.3, -0.25) is 4.79 Å². The third-order valence-corrected chi connectivity index (χ3v) is 0.666. The van der Waals surface area contributed by atoms with Crippen molar-refractivity contribution in [3.8, 4) is 0 Å². The number of rotatable bonds is 3. The van der Waals surface area contributed by atoms with Crippen molar-refractivity contribution in [3.05, 3.63) is 0 Å². The van der Waals surface area contributed by atoms with Crippen LogP contribution in [0.15, 0.2) is 0 Å². The Morgan fingerprint density at radius 3 is 2.50 bits per heavy atom. The molecule has 4 nitrogen and oxygen atoms in total. The minimum absolute atomic E-state index is 0.244. The van der Waals surface area contributed by atoms with Crippen molar-refractivity contribution >= 4 is 5.97 Å². The predicted molar refractivity (Wildman–Crippen MR) is 24.7 cm³/mol. The van der Waals surface area contributed by atoms with Crippen LogP contribution >= 0.6 is 0 Å². The predicted octanol–water partition coefficient (Wildman–Crippen LogP) is -1.13. The Balaban J connectivity index is 3.52. The molecule has 0 rings (SSSR count). The van der Waals surface area contributed by atoms with Crippen molar-refractivity contribution in [2.75, 3.05) is 6.54 Å². The van der Waals surface area contributed by atoms with Gasteiger partial charge in [-0.25, -0.2) is 0 Å². The van der Waals surface area contributed by atoms with Crippen LogP contribution in [0.1, 0.15) is 0 Å². The largest absolute Gasteiger partial charge is 0.480 e. The Labute approximate surface area is 45.4 Å². The molecule has 0 spiro atoms. The lowest BCUT2D eigenvalue weighted by molar-refractivity contribution is -0.140. The highest BCUT2D eigenvalue weighted by Crippen LogP contribution is 1.77. The van der Waals surface area contributed by atoms with Crippen molar-refractivity contribution < 1.29 is 14.4 Å². The molecule has 8 heavy (non-hydrogen) atoms. The molecule has 0 aromatic carbocycles. The van der Waals surface area contributed by atoms with E-state index in [4.69, 9.17) is 10.8 Å². The van der Waals surface area contributed by atoms with Crippen LogP contribution in [0.25, 0.3) is 0 Å². The SMILES string of the molecule is NC[C@H](NF)C(=O)O. The molecule has 0 bridgehead atoms.